The SMILES string of the molecule is O=C(CC1C(=O)NCCN1Cc1cccc2ccccc12)NCCOc1cccnc1. The van der Waals surface area contributed by atoms with Crippen LogP contribution < -0.4 is 15.4 Å². The summed E-state index contributed by atoms with van der Waals surface area (Å²) < 4.78 is 5.54. The number of carbonyl (C=O) groups is 2. The van der Waals surface area contributed by atoms with E-state index in [2.05, 4.69) is 44.8 Å². The number of ether oxygens (including phenoxy) is 1. The van der Waals surface area contributed by atoms with E-state index in [9.17, 15) is 9.59 Å². The predicted molar refractivity (Wildman–Crippen MR) is 119 cm³/mol. The Bertz CT molecular complexity index is 1040. The summed E-state index contributed by atoms with van der Waals surface area (Å²) in [6.45, 7) is 2.62. The molecule has 1 atom stereocenters. The third-order valence-electron chi connectivity index (χ3n) is 5.40. The Morgan fingerprint density at radius 2 is 2.03 bits per heavy atom. The number of benzene rings is 2. The van der Waals surface area contributed by atoms with Crippen LogP contribution in [-0.4, -0.2) is 54.0 Å². The van der Waals surface area contributed by atoms with Gasteiger partial charge < -0.3 is 15.4 Å². The molecule has 160 valence electrons. The average molecular weight is 418 g/mol. The monoisotopic (exact) mass is 418 g/mol. The molecule has 2 heterocycles. The number of pyridine rings is 1. The highest BCUT2D eigenvalue weighted by atomic mass is 16.5. The molecular weight excluding hydrogens is 392 g/mol. The lowest BCUT2D eigenvalue weighted by Gasteiger charge is -2.35. The Hall–Kier alpha value is -3.45. The minimum Gasteiger partial charge on any atom is -0.490 e. The van der Waals surface area contributed by atoms with Gasteiger partial charge in [0, 0.05) is 25.8 Å². The Kier molecular flexibility index (Phi) is 6.74. The molecule has 1 fully saturated rings. The molecule has 1 aromatic heterocycles. The Balaban J connectivity index is 1.35. The van der Waals surface area contributed by atoms with Gasteiger partial charge in [0.1, 0.15) is 12.4 Å². The highest BCUT2D eigenvalue weighted by Gasteiger charge is 2.31. The number of nitrogens with one attached hydrogen (secondary N) is 2. The summed E-state index contributed by atoms with van der Waals surface area (Å²) in [5, 5.41) is 8.07. The normalized spacial score (nSPS) is 16.6. The van der Waals surface area contributed by atoms with Gasteiger partial charge in [-0.2, -0.15) is 0 Å². The summed E-state index contributed by atoms with van der Waals surface area (Å²) >= 11 is 0. The minimum absolute atomic E-state index is 0.103. The molecule has 3 aromatic rings. The number of aromatic nitrogens is 1. The molecule has 1 unspecified atom stereocenters. The van der Waals surface area contributed by atoms with Gasteiger partial charge in [-0.15, -0.1) is 0 Å². The van der Waals surface area contributed by atoms with Crippen LogP contribution in [0.5, 0.6) is 5.75 Å². The van der Waals surface area contributed by atoms with Crippen LogP contribution in [0.15, 0.2) is 67.0 Å². The van der Waals surface area contributed by atoms with Crippen molar-refractivity contribution in [3.05, 3.63) is 72.6 Å². The van der Waals surface area contributed by atoms with Gasteiger partial charge in [0.2, 0.25) is 11.8 Å². The number of hydrogen-bond acceptors (Lipinski definition) is 5. The number of carbonyl (C=O) groups excluding carboxylic acids is 2. The van der Waals surface area contributed by atoms with E-state index in [1.54, 1.807) is 18.5 Å². The molecule has 0 radical (unpaired) electrons. The van der Waals surface area contributed by atoms with Crippen LogP contribution in [0, 0.1) is 0 Å². The summed E-state index contributed by atoms with van der Waals surface area (Å²) in [7, 11) is 0. The molecule has 31 heavy (non-hydrogen) atoms. The van der Waals surface area contributed by atoms with Crippen LogP contribution in [0.25, 0.3) is 10.8 Å². The molecule has 0 saturated carbocycles. The number of amides is 2. The minimum atomic E-state index is -0.494. The topological polar surface area (TPSA) is 83.6 Å². The van der Waals surface area contributed by atoms with Crippen molar-refractivity contribution in [1.82, 2.24) is 20.5 Å². The Morgan fingerprint density at radius 3 is 2.90 bits per heavy atom. The van der Waals surface area contributed by atoms with Crippen molar-refractivity contribution < 1.29 is 14.3 Å². The van der Waals surface area contributed by atoms with Crippen LogP contribution in [0.2, 0.25) is 0 Å². The van der Waals surface area contributed by atoms with Crippen molar-refractivity contribution in [2.45, 2.75) is 19.0 Å². The van der Waals surface area contributed by atoms with E-state index in [4.69, 9.17) is 4.74 Å². The van der Waals surface area contributed by atoms with Crippen LogP contribution in [-0.2, 0) is 16.1 Å². The van der Waals surface area contributed by atoms with Gasteiger partial charge in [0.15, 0.2) is 0 Å². The van der Waals surface area contributed by atoms with Crippen molar-refractivity contribution in [2.75, 3.05) is 26.2 Å². The first-order valence-electron chi connectivity index (χ1n) is 10.5. The van der Waals surface area contributed by atoms with E-state index < -0.39 is 6.04 Å². The summed E-state index contributed by atoms with van der Waals surface area (Å²) in [5.74, 6) is 0.387. The van der Waals surface area contributed by atoms with Gasteiger partial charge in [-0.05, 0) is 28.5 Å². The standard InChI is InChI=1S/C24H26N4O3/c29-23(26-12-14-31-20-8-4-10-25-16-20)15-22-24(30)27-11-13-28(22)17-19-7-3-6-18-5-1-2-9-21(18)19/h1-10,16,22H,11-15,17H2,(H,26,29)(H,27,30). The Morgan fingerprint density at radius 1 is 1.16 bits per heavy atom. The maximum Gasteiger partial charge on any atom is 0.237 e. The third kappa shape index (κ3) is 5.38. The Labute approximate surface area is 181 Å². The van der Waals surface area contributed by atoms with Gasteiger partial charge in [-0.25, -0.2) is 0 Å². The second-order valence-corrected chi connectivity index (χ2v) is 7.51. The molecule has 2 amide bonds. The molecule has 4 rings (SSSR count). The van der Waals surface area contributed by atoms with E-state index in [1.165, 1.54) is 10.8 Å². The first kappa shape index (κ1) is 20.8. The van der Waals surface area contributed by atoms with Gasteiger partial charge >= 0.3 is 0 Å². The zero-order chi connectivity index (χ0) is 21.5. The smallest absolute Gasteiger partial charge is 0.237 e. The zero-order valence-electron chi connectivity index (χ0n) is 17.3. The van der Waals surface area contributed by atoms with Gasteiger partial charge in [-0.1, -0.05) is 42.5 Å². The summed E-state index contributed by atoms with van der Waals surface area (Å²) in [5.41, 5.74) is 1.16. The molecule has 7 nitrogen and oxygen atoms in total. The van der Waals surface area contributed by atoms with Crippen LogP contribution >= 0.6 is 0 Å². The van der Waals surface area contributed by atoms with Gasteiger partial charge in [0.25, 0.3) is 0 Å². The lowest BCUT2D eigenvalue weighted by atomic mass is 10.0. The maximum absolute atomic E-state index is 12.5. The summed E-state index contributed by atoms with van der Waals surface area (Å²) in [6.07, 6.45) is 3.41. The molecular formula is C24H26N4O3. The first-order valence-corrected chi connectivity index (χ1v) is 10.5. The largest absolute Gasteiger partial charge is 0.490 e. The number of fused-ring (bicyclic) bond motifs is 1. The third-order valence-corrected chi connectivity index (χ3v) is 5.40. The molecule has 1 saturated heterocycles. The second-order valence-electron chi connectivity index (χ2n) is 7.51. The molecule has 0 aliphatic carbocycles. The molecule has 0 spiro atoms. The lowest BCUT2D eigenvalue weighted by molar-refractivity contribution is -0.134. The molecule has 2 aromatic carbocycles. The summed E-state index contributed by atoms with van der Waals surface area (Å²) in [4.78, 5) is 31.1. The highest BCUT2D eigenvalue weighted by Crippen LogP contribution is 2.22. The van der Waals surface area contributed by atoms with Crippen molar-refractivity contribution in [1.29, 1.82) is 0 Å². The lowest BCUT2D eigenvalue weighted by Crippen LogP contribution is -2.56. The first-order chi connectivity index (χ1) is 15.2. The quantitative estimate of drug-likeness (QED) is 0.548. The number of hydrogen-bond donors (Lipinski definition) is 2. The fourth-order valence-corrected chi connectivity index (χ4v) is 3.86. The average Bonchev–Trinajstić information content (AvgIpc) is 2.80. The van der Waals surface area contributed by atoms with E-state index in [-0.39, 0.29) is 18.2 Å². The molecule has 0 bridgehead atoms. The molecule has 1 aliphatic rings. The predicted octanol–water partition coefficient (Wildman–Crippen LogP) is 2.12. The fourth-order valence-electron chi connectivity index (χ4n) is 3.86. The van der Waals surface area contributed by atoms with Crippen LogP contribution in [0.3, 0.4) is 0 Å². The molecule has 7 heteroatoms. The van der Waals surface area contributed by atoms with Crippen LogP contribution in [0.4, 0.5) is 0 Å². The van der Waals surface area contributed by atoms with E-state index in [0.29, 0.717) is 38.5 Å². The molecule has 2 N–H and O–H groups in total. The van der Waals surface area contributed by atoms with Crippen molar-refractivity contribution in [3.63, 3.8) is 0 Å². The van der Waals surface area contributed by atoms with Crippen molar-refractivity contribution >= 4 is 22.6 Å². The maximum atomic E-state index is 12.5. The highest BCUT2D eigenvalue weighted by molar-refractivity contribution is 5.89. The van der Waals surface area contributed by atoms with Crippen molar-refractivity contribution in [2.24, 2.45) is 0 Å². The summed E-state index contributed by atoms with van der Waals surface area (Å²) in [6, 6.07) is 17.5. The number of nitrogens with zero attached hydrogens (tertiary/aromatic N) is 2. The van der Waals surface area contributed by atoms with Gasteiger partial charge in [-0.3, -0.25) is 19.5 Å². The van der Waals surface area contributed by atoms with E-state index in [1.807, 2.05) is 24.3 Å². The van der Waals surface area contributed by atoms with Crippen LogP contribution in [0.1, 0.15) is 12.0 Å². The zero-order valence-corrected chi connectivity index (χ0v) is 17.3. The van der Waals surface area contributed by atoms with E-state index >= 15 is 0 Å². The van der Waals surface area contributed by atoms with Gasteiger partial charge in [0.05, 0.1) is 25.2 Å². The number of rotatable bonds is 8. The number of piperazine rings is 1. The van der Waals surface area contributed by atoms with Crippen molar-refractivity contribution in [3.8, 4) is 5.75 Å². The van der Waals surface area contributed by atoms with E-state index in [0.717, 1.165) is 5.56 Å². The molecule has 1 aliphatic heterocycles. The second kappa shape index (κ2) is 10.0. The fraction of sp³-hybridized carbons (Fsp3) is 0.292.